The van der Waals surface area contributed by atoms with Crippen LogP contribution in [0, 0.1) is 13.8 Å². The third kappa shape index (κ3) is 8.04. The molecule has 0 bridgehead atoms. The normalized spacial score (nSPS) is 11.0. The number of likely N-dealkylation sites (N-methyl/N-ethyl adjacent to an activating group) is 1. The fourth-order valence-corrected chi connectivity index (χ4v) is 2.90. The van der Waals surface area contributed by atoms with Crippen molar-refractivity contribution in [3.8, 4) is 0 Å². The molecule has 0 aliphatic heterocycles. The lowest BCUT2D eigenvalue weighted by Crippen LogP contribution is -2.43. The summed E-state index contributed by atoms with van der Waals surface area (Å²) in [5, 5.41) is 10.9. The average molecular weight is 512 g/mol. The summed E-state index contributed by atoms with van der Waals surface area (Å²) in [4.78, 5) is 18.1. The first-order chi connectivity index (χ1) is 13.4. The van der Waals surface area contributed by atoms with Crippen molar-refractivity contribution >= 4 is 35.8 Å². The molecular formula is C21H33IN6O. The summed E-state index contributed by atoms with van der Waals surface area (Å²) in [6.07, 6.45) is 1.92. The van der Waals surface area contributed by atoms with Gasteiger partial charge >= 0.3 is 0 Å². The van der Waals surface area contributed by atoms with Gasteiger partial charge in [0, 0.05) is 33.4 Å². The van der Waals surface area contributed by atoms with Gasteiger partial charge in [-0.05, 0) is 37.8 Å². The monoisotopic (exact) mass is 512 g/mol. The van der Waals surface area contributed by atoms with Gasteiger partial charge in [-0.25, -0.2) is 4.99 Å². The van der Waals surface area contributed by atoms with Crippen LogP contribution in [0.2, 0.25) is 0 Å². The van der Waals surface area contributed by atoms with E-state index in [1.54, 1.807) is 19.0 Å². The number of amides is 1. The Morgan fingerprint density at radius 1 is 1.17 bits per heavy atom. The third-order valence-corrected chi connectivity index (χ3v) is 4.72. The highest BCUT2D eigenvalue weighted by atomic mass is 127. The van der Waals surface area contributed by atoms with E-state index in [9.17, 15) is 4.79 Å². The molecule has 0 fully saturated rings. The summed E-state index contributed by atoms with van der Waals surface area (Å²) in [5.74, 6) is 0.662. The number of rotatable bonds is 8. The number of halogens is 1. The van der Waals surface area contributed by atoms with Crippen LogP contribution in [0.15, 0.2) is 35.3 Å². The van der Waals surface area contributed by atoms with Gasteiger partial charge in [0.05, 0.1) is 18.8 Å². The molecule has 1 heterocycles. The molecule has 29 heavy (non-hydrogen) atoms. The number of hydrogen-bond acceptors (Lipinski definition) is 3. The molecule has 1 amide bonds. The van der Waals surface area contributed by atoms with E-state index in [1.165, 1.54) is 11.3 Å². The van der Waals surface area contributed by atoms with E-state index in [4.69, 9.17) is 0 Å². The standard InChI is InChI=1S/C21H32N6O.HI/c1-16-19(17(2)27(5)25-16)12-9-13-22-21(24-15-20(28)26(3)4)23-14-18-10-7-6-8-11-18;/h6-8,10-11H,9,12-15H2,1-5H3,(H2,22,23,24);1H. The minimum absolute atomic E-state index is 0. The molecule has 2 rings (SSSR count). The Morgan fingerprint density at radius 3 is 2.45 bits per heavy atom. The first kappa shape index (κ1) is 24.9. The topological polar surface area (TPSA) is 74.5 Å². The molecule has 1 aromatic carbocycles. The van der Waals surface area contributed by atoms with Crippen molar-refractivity contribution < 1.29 is 4.79 Å². The maximum Gasteiger partial charge on any atom is 0.241 e. The SMILES string of the molecule is Cc1nn(C)c(C)c1CCCNC(=NCc1ccccc1)NCC(=O)N(C)C.I. The van der Waals surface area contributed by atoms with Crippen LogP contribution in [-0.4, -0.2) is 53.7 Å². The van der Waals surface area contributed by atoms with E-state index in [-0.39, 0.29) is 36.4 Å². The average Bonchev–Trinajstić information content (AvgIpc) is 2.92. The number of carbonyl (C=O) groups excluding carboxylic acids is 1. The molecule has 0 atom stereocenters. The summed E-state index contributed by atoms with van der Waals surface area (Å²) < 4.78 is 1.93. The Balaban J connectivity index is 0.00000420. The number of nitrogens with one attached hydrogen (secondary N) is 2. The Bertz CT molecular complexity index is 801. The van der Waals surface area contributed by atoms with E-state index in [2.05, 4.69) is 34.6 Å². The first-order valence-corrected chi connectivity index (χ1v) is 9.63. The highest BCUT2D eigenvalue weighted by Crippen LogP contribution is 2.13. The first-order valence-electron chi connectivity index (χ1n) is 9.63. The molecule has 2 N–H and O–H groups in total. The Morgan fingerprint density at radius 2 is 1.86 bits per heavy atom. The van der Waals surface area contributed by atoms with Crippen molar-refractivity contribution in [3.05, 3.63) is 52.8 Å². The highest BCUT2D eigenvalue weighted by Gasteiger charge is 2.09. The van der Waals surface area contributed by atoms with Crippen molar-refractivity contribution in [1.82, 2.24) is 25.3 Å². The van der Waals surface area contributed by atoms with Crippen LogP contribution in [-0.2, 0) is 24.8 Å². The van der Waals surface area contributed by atoms with Gasteiger partial charge in [-0.3, -0.25) is 9.48 Å². The van der Waals surface area contributed by atoms with Crippen LogP contribution < -0.4 is 10.6 Å². The van der Waals surface area contributed by atoms with Crippen molar-refractivity contribution in [1.29, 1.82) is 0 Å². The van der Waals surface area contributed by atoms with Crippen LogP contribution in [0.3, 0.4) is 0 Å². The molecule has 8 heteroatoms. The van der Waals surface area contributed by atoms with Crippen molar-refractivity contribution in [2.45, 2.75) is 33.2 Å². The van der Waals surface area contributed by atoms with Crippen LogP contribution in [0.4, 0.5) is 0 Å². The molecule has 0 spiro atoms. The summed E-state index contributed by atoms with van der Waals surface area (Å²) in [6, 6.07) is 10.1. The molecule has 0 radical (unpaired) electrons. The number of hydrogen-bond donors (Lipinski definition) is 2. The van der Waals surface area contributed by atoms with Crippen molar-refractivity contribution in [2.75, 3.05) is 27.2 Å². The summed E-state index contributed by atoms with van der Waals surface area (Å²) in [5.41, 5.74) is 4.74. The third-order valence-electron chi connectivity index (χ3n) is 4.72. The lowest BCUT2D eigenvalue weighted by atomic mass is 10.1. The summed E-state index contributed by atoms with van der Waals surface area (Å²) >= 11 is 0. The van der Waals surface area contributed by atoms with Gasteiger partial charge in [0.2, 0.25) is 5.91 Å². The molecule has 0 aliphatic carbocycles. The molecule has 7 nitrogen and oxygen atoms in total. The van der Waals surface area contributed by atoms with Crippen LogP contribution in [0.1, 0.15) is 28.9 Å². The minimum atomic E-state index is 0. The Kier molecular flexibility index (Phi) is 10.7. The molecular weight excluding hydrogens is 479 g/mol. The fraction of sp³-hybridized carbons (Fsp3) is 0.476. The number of carbonyl (C=O) groups is 1. The van der Waals surface area contributed by atoms with Gasteiger partial charge in [-0.1, -0.05) is 30.3 Å². The van der Waals surface area contributed by atoms with Gasteiger partial charge in [-0.2, -0.15) is 5.10 Å². The fourth-order valence-electron chi connectivity index (χ4n) is 2.90. The molecule has 0 saturated carbocycles. The number of benzene rings is 1. The zero-order valence-electron chi connectivity index (χ0n) is 18.0. The molecule has 0 unspecified atom stereocenters. The van der Waals surface area contributed by atoms with Crippen molar-refractivity contribution in [2.24, 2.45) is 12.0 Å². The lowest BCUT2D eigenvalue weighted by Gasteiger charge is -2.15. The zero-order valence-corrected chi connectivity index (χ0v) is 20.4. The van der Waals surface area contributed by atoms with Crippen LogP contribution in [0.25, 0.3) is 0 Å². The van der Waals surface area contributed by atoms with Gasteiger partial charge in [0.1, 0.15) is 0 Å². The maximum atomic E-state index is 11.9. The second-order valence-electron chi connectivity index (χ2n) is 7.10. The number of aromatic nitrogens is 2. The van der Waals surface area contributed by atoms with E-state index in [0.717, 1.165) is 30.6 Å². The van der Waals surface area contributed by atoms with Crippen LogP contribution in [0.5, 0.6) is 0 Å². The van der Waals surface area contributed by atoms with E-state index in [0.29, 0.717) is 12.5 Å². The van der Waals surface area contributed by atoms with E-state index >= 15 is 0 Å². The van der Waals surface area contributed by atoms with E-state index in [1.807, 2.05) is 42.1 Å². The van der Waals surface area contributed by atoms with Gasteiger partial charge < -0.3 is 15.5 Å². The highest BCUT2D eigenvalue weighted by molar-refractivity contribution is 14.0. The quantitative estimate of drug-likeness (QED) is 0.247. The summed E-state index contributed by atoms with van der Waals surface area (Å²) in [7, 11) is 5.47. The molecule has 2 aromatic rings. The smallest absolute Gasteiger partial charge is 0.241 e. The van der Waals surface area contributed by atoms with Crippen LogP contribution >= 0.6 is 24.0 Å². The molecule has 1 aromatic heterocycles. The second kappa shape index (κ2) is 12.5. The number of guanidine groups is 1. The van der Waals surface area contributed by atoms with Gasteiger partial charge in [-0.15, -0.1) is 24.0 Å². The maximum absolute atomic E-state index is 11.9. The number of aliphatic imine (C=N–C) groups is 1. The van der Waals surface area contributed by atoms with Gasteiger partial charge in [0.25, 0.3) is 0 Å². The van der Waals surface area contributed by atoms with E-state index < -0.39 is 0 Å². The zero-order chi connectivity index (χ0) is 20.5. The number of nitrogens with zero attached hydrogens (tertiary/aromatic N) is 4. The van der Waals surface area contributed by atoms with Gasteiger partial charge in [0.15, 0.2) is 5.96 Å². The van der Waals surface area contributed by atoms with Crippen molar-refractivity contribution in [3.63, 3.8) is 0 Å². The minimum Gasteiger partial charge on any atom is -0.356 e. The number of aryl methyl sites for hydroxylation is 2. The molecule has 160 valence electrons. The Labute approximate surface area is 191 Å². The predicted octanol–water partition coefficient (Wildman–Crippen LogP) is 2.41. The molecule has 0 saturated heterocycles. The second-order valence-corrected chi connectivity index (χ2v) is 7.10. The summed E-state index contributed by atoms with van der Waals surface area (Å²) in [6.45, 7) is 5.70. The molecule has 0 aliphatic rings. The largest absolute Gasteiger partial charge is 0.356 e. The predicted molar refractivity (Wildman–Crippen MR) is 129 cm³/mol. The Hall–Kier alpha value is -2.10. The lowest BCUT2D eigenvalue weighted by molar-refractivity contribution is -0.127.